The predicted molar refractivity (Wildman–Crippen MR) is 71.1 cm³/mol. The summed E-state index contributed by atoms with van der Waals surface area (Å²) in [7, 11) is -3.45. The minimum atomic E-state index is -3.45. The molecule has 4 nitrogen and oxygen atoms in total. The Hall–Kier alpha value is -1.30. The van der Waals surface area contributed by atoms with Crippen molar-refractivity contribution in [2.75, 3.05) is 6.54 Å². The number of benzene rings is 1. The first-order valence-electron chi connectivity index (χ1n) is 5.44. The average molecular weight is 285 g/mol. The van der Waals surface area contributed by atoms with Gasteiger partial charge in [0.25, 0.3) is 0 Å². The fraction of sp³-hybridized carbons (Fsp3) is 0.167. The number of nitrogens with zero attached hydrogens (tertiary/aromatic N) is 1. The fourth-order valence-electron chi connectivity index (χ4n) is 1.53. The van der Waals surface area contributed by atoms with Gasteiger partial charge in [-0.25, -0.2) is 13.1 Å². The Balaban J connectivity index is 1.97. The predicted octanol–water partition coefficient (Wildman–Crippen LogP) is 2.12. The first-order chi connectivity index (χ1) is 8.58. The molecule has 2 aromatic rings. The van der Waals surface area contributed by atoms with E-state index < -0.39 is 10.0 Å². The lowest BCUT2D eigenvalue weighted by Gasteiger charge is -2.07. The summed E-state index contributed by atoms with van der Waals surface area (Å²) in [6.07, 6.45) is 3.77. The molecule has 1 aromatic heterocycles. The zero-order valence-corrected chi connectivity index (χ0v) is 11.2. The second-order valence-corrected chi connectivity index (χ2v) is 5.98. The second-order valence-electron chi connectivity index (χ2n) is 3.77. The van der Waals surface area contributed by atoms with Gasteiger partial charge in [-0.05, 0) is 36.4 Å². The van der Waals surface area contributed by atoms with Gasteiger partial charge in [-0.2, -0.15) is 0 Å². The summed E-state index contributed by atoms with van der Waals surface area (Å²) in [5.41, 5.74) is 0. The van der Waals surface area contributed by atoms with Crippen LogP contribution in [0.4, 0.5) is 0 Å². The summed E-state index contributed by atoms with van der Waals surface area (Å²) in [6, 6.07) is 9.88. The molecule has 2 rings (SSSR count). The van der Waals surface area contributed by atoms with Crippen LogP contribution in [0.15, 0.2) is 53.7 Å². The van der Waals surface area contributed by atoms with E-state index in [0.29, 0.717) is 18.1 Å². The lowest BCUT2D eigenvalue weighted by Crippen LogP contribution is -2.27. The third kappa shape index (κ3) is 3.35. The maximum atomic E-state index is 11.9. The molecule has 6 heteroatoms. The molecule has 0 aliphatic heterocycles. The highest BCUT2D eigenvalue weighted by Gasteiger charge is 2.12. The molecule has 0 saturated carbocycles. The molecule has 96 valence electrons. The summed E-state index contributed by atoms with van der Waals surface area (Å²) in [6.45, 7) is 0.944. The minimum absolute atomic E-state index is 0.222. The Morgan fingerprint density at radius 1 is 1.11 bits per heavy atom. The normalized spacial score (nSPS) is 11.6. The molecule has 1 heterocycles. The van der Waals surface area contributed by atoms with Gasteiger partial charge in [0.05, 0.1) is 4.90 Å². The van der Waals surface area contributed by atoms with E-state index in [2.05, 4.69) is 4.72 Å². The van der Waals surface area contributed by atoms with Crippen LogP contribution in [0.1, 0.15) is 0 Å². The van der Waals surface area contributed by atoms with Gasteiger partial charge in [0.2, 0.25) is 10.0 Å². The van der Waals surface area contributed by atoms with Gasteiger partial charge in [-0.3, -0.25) is 0 Å². The second kappa shape index (κ2) is 5.56. The summed E-state index contributed by atoms with van der Waals surface area (Å²) in [4.78, 5) is 0.222. The van der Waals surface area contributed by atoms with Crippen molar-refractivity contribution in [1.82, 2.24) is 9.29 Å². The van der Waals surface area contributed by atoms with Gasteiger partial charge >= 0.3 is 0 Å². The maximum Gasteiger partial charge on any atom is 0.240 e. The van der Waals surface area contributed by atoms with Crippen LogP contribution in [0, 0.1) is 0 Å². The molecule has 1 aromatic carbocycles. The van der Waals surface area contributed by atoms with E-state index in [1.165, 1.54) is 12.1 Å². The molecule has 0 radical (unpaired) electrons. The van der Waals surface area contributed by atoms with Gasteiger partial charge < -0.3 is 4.57 Å². The molecule has 0 spiro atoms. The fourth-order valence-corrected chi connectivity index (χ4v) is 2.67. The van der Waals surface area contributed by atoms with Crippen LogP contribution in [0.25, 0.3) is 0 Å². The monoisotopic (exact) mass is 284 g/mol. The van der Waals surface area contributed by atoms with Gasteiger partial charge in [-0.15, -0.1) is 0 Å². The lowest BCUT2D eigenvalue weighted by molar-refractivity contribution is 0.573. The number of hydrogen-bond acceptors (Lipinski definition) is 2. The molecular formula is C12H13ClN2O2S. The first-order valence-corrected chi connectivity index (χ1v) is 7.30. The first kappa shape index (κ1) is 13.1. The van der Waals surface area contributed by atoms with Crippen LogP contribution < -0.4 is 4.72 Å². The van der Waals surface area contributed by atoms with Crippen molar-refractivity contribution in [3.8, 4) is 0 Å². The Bertz CT molecular complexity index is 592. The van der Waals surface area contributed by atoms with Crippen molar-refractivity contribution in [2.45, 2.75) is 11.4 Å². The Labute approximate surface area is 111 Å². The molecule has 0 fully saturated rings. The molecular weight excluding hydrogens is 272 g/mol. The van der Waals surface area contributed by atoms with Crippen molar-refractivity contribution in [2.24, 2.45) is 0 Å². The number of nitrogens with one attached hydrogen (secondary N) is 1. The molecule has 18 heavy (non-hydrogen) atoms. The van der Waals surface area contributed by atoms with Crippen molar-refractivity contribution < 1.29 is 8.42 Å². The third-order valence-electron chi connectivity index (χ3n) is 2.45. The van der Waals surface area contributed by atoms with Crippen molar-refractivity contribution in [3.63, 3.8) is 0 Å². The molecule has 0 aliphatic rings. The van der Waals surface area contributed by atoms with Gasteiger partial charge in [-0.1, -0.05) is 11.6 Å². The zero-order chi connectivity index (χ0) is 13.0. The third-order valence-corrected chi connectivity index (χ3v) is 4.18. The van der Waals surface area contributed by atoms with Crippen molar-refractivity contribution in [3.05, 3.63) is 53.8 Å². The smallest absolute Gasteiger partial charge is 0.240 e. The van der Waals surface area contributed by atoms with Crippen LogP contribution >= 0.6 is 11.6 Å². The molecule has 0 aliphatic carbocycles. The molecule has 0 atom stereocenters. The van der Waals surface area contributed by atoms with Crippen molar-refractivity contribution in [1.29, 1.82) is 0 Å². The number of halogens is 1. The topological polar surface area (TPSA) is 51.1 Å². The van der Waals surface area contributed by atoms with Crippen LogP contribution in [0.5, 0.6) is 0 Å². The van der Waals surface area contributed by atoms with E-state index in [1.54, 1.807) is 12.1 Å². The highest BCUT2D eigenvalue weighted by molar-refractivity contribution is 7.89. The van der Waals surface area contributed by atoms with Gasteiger partial charge in [0.1, 0.15) is 0 Å². The molecule has 0 bridgehead atoms. The van der Waals surface area contributed by atoms with Crippen LogP contribution in [-0.2, 0) is 16.6 Å². The molecule has 1 N–H and O–H groups in total. The Morgan fingerprint density at radius 3 is 2.33 bits per heavy atom. The van der Waals surface area contributed by atoms with Crippen molar-refractivity contribution >= 4 is 21.6 Å². The van der Waals surface area contributed by atoms with Crippen LogP contribution in [-0.4, -0.2) is 19.5 Å². The zero-order valence-electron chi connectivity index (χ0n) is 9.58. The van der Waals surface area contributed by atoms with Crippen LogP contribution in [0.3, 0.4) is 0 Å². The summed E-state index contributed by atoms with van der Waals surface area (Å²) in [5.74, 6) is 0. The van der Waals surface area contributed by atoms with E-state index in [0.717, 1.165) is 0 Å². The van der Waals surface area contributed by atoms with Gasteiger partial charge in [0.15, 0.2) is 0 Å². The van der Waals surface area contributed by atoms with E-state index >= 15 is 0 Å². The van der Waals surface area contributed by atoms with Gasteiger partial charge in [0, 0.05) is 30.5 Å². The summed E-state index contributed by atoms with van der Waals surface area (Å²) in [5, 5.41) is 0.515. The Morgan fingerprint density at radius 2 is 1.72 bits per heavy atom. The van der Waals surface area contributed by atoms with E-state index in [1.807, 2.05) is 29.1 Å². The molecule has 0 unspecified atom stereocenters. The minimum Gasteiger partial charge on any atom is -0.353 e. The highest BCUT2D eigenvalue weighted by Crippen LogP contribution is 2.13. The summed E-state index contributed by atoms with van der Waals surface area (Å²) < 4.78 is 28.3. The molecule has 0 amide bonds. The van der Waals surface area contributed by atoms with E-state index in [4.69, 9.17) is 11.6 Å². The highest BCUT2D eigenvalue weighted by atomic mass is 35.5. The summed E-state index contributed by atoms with van der Waals surface area (Å²) >= 11 is 5.72. The quantitative estimate of drug-likeness (QED) is 0.914. The SMILES string of the molecule is O=S(=O)(NCCn1cccc1)c1ccc(Cl)cc1. The molecule has 0 saturated heterocycles. The number of aromatic nitrogens is 1. The number of rotatable bonds is 5. The average Bonchev–Trinajstić information content (AvgIpc) is 2.82. The van der Waals surface area contributed by atoms with E-state index in [9.17, 15) is 8.42 Å². The standard InChI is InChI=1S/C12H13ClN2O2S/c13-11-3-5-12(6-4-11)18(16,17)14-7-10-15-8-1-2-9-15/h1-6,8-9,14H,7,10H2. The largest absolute Gasteiger partial charge is 0.353 e. The maximum absolute atomic E-state index is 11.9. The number of hydrogen-bond donors (Lipinski definition) is 1. The van der Waals surface area contributed by atoms with Crippen LogP contribution in [0.2, 0.25) is 5.02 Å². The Kier molecular flexibility index (Phi) is 4.06. The van der Waals surface area contributed by atoms with E-state index in [-0.39, 0.29) is 4.90 Å². The number of sulfonamides is 1. The lowest BCUT2D eigenvalue weighted by atomic mass is 10.4.